The molecule has 3 aliphatic heterocycles. The summed E-state index contributed by atoms with van der Waals surface area (Å²) in [6, 6.07) is 0.424. The lowest BCUT2D eigenvalue weighted by Gasteiger charge is -2.39. The van der Waals surface area contributed by atoms with Crippen molar-refractivity contribution in [1.29, 1.82) is 0 Å². The van der Waals surface area contributed by atoms with Crippen molar-refractivity contribution in [3.8, 4) is 0 Å². The van der Waals surface area contributed by atoms with Gasteiger partial charge in [0.25, 0.3) is 5.91 Å². The van der Waals surface area contributed by atoms with E-state index in [0.29, 0.717) is 36.4 Å². The molecule has 0 spiro atoms. The highest BCUT2D eigenvalue weighted by Gasteiger charge is 2.42. The normalized spacial score (nSPS) is 32.1. The largest absolute Gasteiger partial charge is 0.399 e. The average Bonchev–Trinajstić information content (AvgIpc) is 3.41. The van der Waals surface area contributed by atoms with Crippen molar-refractivity contribution in [3.63, 3.8) is 0 Å². The van der Waals surface area contributed by atoms with Crippen molar-refractivity contribution in [2.24, 2.45) is 11.7 Å². The molecule has 0 radical (unpaired) electrons. The molecular weight excluding hydrogens is 418 g/mol. The standard InChI is InChI=1S/C25H37N5O3/c26-23-9-7-18(25(32)29-12-10-28(11-13-29)16-21-5-2-14-33-21)6-8-22(23)24-19(17-31)15-27-30(24)20-3-1-4-20/h6-7,9,17,19-21,24,27H,1-5,8,10-16,26H2. The number of nitrogens with two attached hydrogens (primary N) is 1. The molecular formula is C25H37N5O3. The third-order valence-corrected chi connectivity index (χ3v) is 7.96. The van der Waals surface area contributed by atoms with Crippen molar-refractivity contribution in [1.82, 2.24) is 20.2 Å². The number of piperazine rings is 1. The summed E-state index contributed by atoms with van der Waals surface area (Å²) in [7, 11) is 0. The minimum atomic E-state index is -0.116. The number of carbonyl (C=O) groups excluding carboxylic acids is 2. The van der Waals surface area contributed by atoms with Crippen LogP contribution in [0.25, 0.3) is 0 Å². The fraction of sp³-hybridized carbons (Fsp3) is 0.680. The minimum absolute atomic E-state index is 0.0375. The van der Waals surface area contributed by atoms with Gasteiger partial charge in [0.2, 0.25) is 0 Å². The predicted octanol–water partition coefficient (Wildman–Crippen LogP) is 0.965. The van der Waals surface area contributed by atoms with E-state index < -0.39 is 0 Å². The molecule has 0 aromatic rings. The Bertz CT molecular complexity index is 835. The van der Waals surface area contributed by atoms with Crippen molar-refractivity contribution < 1.29 is 14.3 Å². The average molecular weight is 456 g/mol. The van der Waals surface area contributed by atoms with Crippen LogP contribution in [0.1, 0.15) is 38.5 Å². The highest BCUT2D eigenvalue weighted by Crippen LogP contribution is 2.35. The van der Waals surface area contributed by atoms with E-state index in [2.05, 4.69) is 15.3 Å². The zero-order chi connectivity index (χ0) is 22.8. The van der Waals surface area contributed by atoms with E-state index in [-0.39, 0.29) is 17.9 Å². The second-order valence-corrected chi connectivity index (χ2v) is 10.0. The topological polar surface area (TPSA) is 91.1 Å². The van der Waals surface area contributed by atoms with Crippen LogP contribution in [-0.4, -0.2) is 91.1 Å². The maximum atomic E-state index is 13.3. The van der Waals surface area contributed by atoms with Crippen LogP contribution in [0, 0.1) is 5.92 Å². The van der Waals surface area contributed by atoms with Crippen LogP contribution >= 0.6 is 0 Å². The second kappa shape index (κ2) is 10.1. The highest BCUT2D eigenvalue weighted by molar-refractivity contribution is 5.96. The molecule has 5 rings (SSSR count). The maximum Gasteiger partial charge on any atom is 0.253 e. The number of hydrogen-bond donors (Lipinski definition) is 2. The Labute approximate surface area is 196 Å². The molecule has 3 heterocycles. The Morgan fingerprint density at radius 2 is 1.97 bits per heavy atom. The summed E-state index contributed by atoms with van der Waals surface area (Å²) in [4.78, 5) is 29.4. The number of nitrogens with one attached hydrogen (secondary N) is 1. The fourth-order valence-corrected chi connectivity index (χ4v) is 5.73. The lowest BCUT2D eigenvalue weighted by atomic mass is 9.86. The third-order valence-electron chi connectivity index (χ3n) is 7.96. The molecule has 3 saturated heterocycles. The second-order valence-electron chi connectivity index (χ2n) is 10.0. The Balaban J connectivity index is 1.22. The van der Waals surface area contributed by atoms with Gasteiger partial charge in [-0.3, -0.25) is 15.1 Å². The van der Waals surface area contributed by atoms with E-state index >= 15 is 0 Å². The van der Waals surface area contributed by atoms with Gasteiger partial charge in [0.1, 0.15) is 6.29 Å². The molecule has 1 saturated carbocycles. The summed E-state index contributed by atoms with van der Waals surface area (Å²) in [6.07, 6.45) is 13.6. The summed E-state index contributed by atoms with van der Waals surface area (Å²) >= 11 is 0. The van der Waals surface area contributed by atoms with Crippen molar-refractivity contribution in [2.75, 3.05) is 45.9 Å². The minimum Gasteiger partial charge on any atom is -0.399 e. The summed E-state index contributed by atoms with van der Waals surface area (Å²) < 4.78 is 5.76. The predicted molar refractivity (Wildman–Crippen MR) is 126 cm³/mol. The number of allylic oxidation sites excluding steroid dienone is 2. The van der Waals surface area contributed by atoms with Gasteiger partial charge in [-0.1, -0.05) is 12.5 Å². The summed E-state index contributed by atoms with van der Waals surface area (Å²) in [5.74, 6) is -0.0421. The third kappa shape index (κ3) is 4.80. The van der Waals surface area contributed by atoms with Crippen LogP contribution < -0.4 is 11.2 Å². The van der Waals surface area contributed by atoms with Gasteiger partial charge in [-0.25, -0.2) is 5.01 Å². The lowest BCUT2D eigenvalue weighted by Crippen LogP contribution is -2.50. The molecule has 3 unspecified atom stereocenters. The molecule has 0 bridgehead atoms. The zero-order valence-electron chi connectivity index (χ0n) is 19.5. The first-order chi connectivity index (χ1) is 16.1. The van der Waals surface area contributed by atoms with Gasteiger partial charge in [0.05, 0.1) is 12.1 Å². The smallest absolute Gasteiger partial charge is 0.253 e. The lowest BCUT2D eigenvalue weighted by molar-refractivity contribution is -0.128. The van der Waals surface area contributed by atoms with Crippen molar-refractivity contribution >= 4 is 12.2 Å². The molecule has 8 nitrogen and oxygen atoms in total. The number of nitrogens with zero attached hydrogens (tertiary/aromatic N) is 3. The van der Waals surface area contributed by atoms with Gasteiger partial charge in [-0.05, 0) is 49.8 Å². The number of ether oxygens (including phenoxy) is 1. The molecule has 5 aliphatic rings. The van der Waals surface area contributed by atoms with E-state index in [9.17, 15) is 9.59 Å². The summed E-state index contributed by atoms with van der Waals surface area (Å²) in [5.41, 5.74) is 12.3. The van der Waals surface area contributed by atoms with Crippen molar-refractivity contribution in [2.45, 2.75) is 56.7 Å². The van der Waals surface area contributed by atoms with Gasteiger partial charge < -0.3 is 20.2 Å². The molecule has 4 fully saturated rings. The molecule has 0 aromatic carbocycles. The van der Waals surface area contributed by atoms with Crippen LogP contribution in [0.5, 0.6) is 0 Å². The Morgan fingerprint density at radius 1 is 1.15 bits per heavy atom. The van der Waals surface area contributed by atoms with Gasteiger partial charge in [-0.15, -0.1) is 0 Å². The summed E-state index contributed by atoms with van der Waals surface area (Å²) in [5, 5.41) is 2.26. The molecule has 1 amide bonds. The van der Waals surface area contributed by atoms with Crippen LogP contribution in [0.4, 0.5) is 0 Å². The number of hydrogen-bond acceptors (Lipinski definition) is 7. The van der Waals surface area contributed by atoms with E-state index in [4.69, 9.17) is 10.5 Å². The van der Waals surface area contributed by atoms with Gasteiger partial charge in [0.15, 0.2) is 0 Å². The number of rotatable bonds is 6. The highest BCUT2D eigenvalue weighted by atomic mass is 16.5. The number of amides is 1. The van der Waals surface area contributed by atoms with E-state index in [1.54, 1.807) is 0 Å². The molecule has 33 heavy (non-hydrogen) atoms. The summed E-state index contributed by atoms with van der Waals surface area (Å²) in [6.45, 7) is 5.75. The number of carbonyl (C=O) groups is 2. The molecule has 8 heteroatoms. The molecule has 180 valence electrons. The molecule has 3 atom stereocenters. The first-order valence-corrected chi connectivity index (χ1v) is 12.6. The number of hydrazine groups is 1. The van der Waals surface area contributed by atoms with Crippen LogP contribution in [0.15, 0.2) is 35.1 Å². The Hall–Kier alpha value is -2.00. The van der Waals surface area contributed by atoms with Crippen LogP contribution in [-0.2, 0) is 14.3 Å². The van der Waals surface area contributed by atoms with E-state index in [0.717, 1.165) is 76.9 Å². The maximum absolute atomic E-state index is 13.3. The molecule has 0 aromatic heterocycles. The monoisotopic (exact) mass is 455 g/mol. The first kappa shape index (κ1) is 22.8. The van der Waals surface area contributed by atoms with Crippen LogP contribution in [0.2, 0.25) is 0 Å². The van der Waals surface area contributed by atoms with Gasteiger partial charge >= 0.3 is 0 Å². The molecule has 3 N–H and O–H groups in total. The quantitative estimate of drug-likeness (QED) is 0.577. The van der Waals surface area contributed by atoms with Gasteiger partial charge in [-0.2, -0.15) is 0 Å². The Morgan fingerprint density at radius 3 is 2.64 bits per heavy atom. The van der Waals surface area contributed by atoms with E-state index in [1.165, 1.54) is 6.42 Å². The van der Waals surface area contributed by atoms with Crippen LogP contribution in [0.3, 0.4) is 0 Å². The SMILES string of the molecule is NC1=C(C2C(C=O)CNN2C2CCC2)CC=C(C(=O)N2CCN(CC3CCCO3)CC2)C=C1. The molecule has 2 aliphatic carbocycles. The Kier molecular flexibility index (Phi) is 6.97. The fourth-order valence-electron chi connectivity index (χ4n) is 5.73. The number of aldehydes is 1. The van der Waals surface area contributed by atoms with E-state index in [1.807, 2.05) is 23.1 Å². The van der Waals surface area contributed by atoms with Gasteiger partial charge in [0, 0.05) is 69.1 Å². The first-order valence-electron chi connectivity index (χ1n) is 12.6. The van der Waals surface area contributed by atoms with Crippen molar-refractivity contribution in [3.05, 3.63) is 35.1 Å². The zero-order valence-corrected chi connectivity index (χ0v) is 19.5.